The van der Waals surface area contributed by atoms with Gasteiger partial charge in [0, 0.05) is 5.92 Å². The van der Waals surface area contributed by atoms with Crippen molar-refractivity contribution >= 4 is 29.0 Å². The lowest BCUT2D eigenvalue weighted by molar-refractivity contribution is -0.118. The molecular formula is C9H12Cl2O. The second kappa shape index (κ2) is 3.04. The van der Waals surface area contributed by atoms with E-state index in [-0.39, 0.29) is 27.5 Å². The van der Waals surface area contributed by atoms with E-state index < -0.39 is 0 Å². The first-order valence-corrected chi connectivity index (χ1v) is 4.66. The first-order chi connectivity index (χ1) is 5.37. The summed E-state index contributed by atoms with van der Waals surface area (Å²) in [6.45, 7) is 5.72. The molecule has 0 amide bonds. The highest BCUT2D eigenvalue weighted by Gasteiger charge is 2.58. The average molecular weight is 207 g/mol. The number of hydrogen-bond donors (Lipinski definition) is 0. The molecule has 0 N–H and O–H groups in total. The molecule has 0 heterocycles. The molecule has 0 aromatic rings. The predicted octanol–water partition coefficient (Wildman–Crippen LogP) is 3.17. The van der Waals surface area contributed by atoms with E-state index in [0.29, 0.717) is 0 Å². The van der Waals surface area contributed by atoms with Gasteiger partial charge in [-0.15, -0.1) is 0 Å². The van der Waals surface area contributed by atoms with Gasteiger partial charge >= 0.3 is 0 Å². The summed E-state index contributed by atoms with van der Waals surface area (Å²) in [6.07, 6.45) is 1.76. The van der Waals surface area contributed by atoms with Crippen molar-refractivity contribution < 1.29 is 4.79 Å². The number of ketones is 1. The first kappa shape index (κ1) is 10.1. The van der Waals surface area contributed by atoms with Gasteiger partial charge in [0.1, 0.15) is 10.3 Å². The third-order valence-electron chi connectivity index (χ3n) is 2.65. The molecule has 0 aromatic heterocycles. The summed E-state index contributed by atoms with van der Waals surface area (Å²) in [6, 6.07) is 0. The minimum Gasteiger partial charge on any atom is -0.300 e. The van der Waals surface area contributed by atoms with Gasteiger partial charge in [0.05, 0.1) is 0 Å². The van der Waals surface area contributed by atoms with E-state index in [1.54, 1.807) is 13.0 Å². The molecule has 2 atom stereocenters. The van der Waals surface area contributed by atoms with E-state index in [1.165, 1.54) is 0 Å². The van der Waals surface area contributed by atoms with Crippen LogP contribution in [0.2, 0.25) is 0 Å². The molecule has 1 rings (SSSR count). The van der Waals surface area contributed by atoms with Gasteiger partial charge in [-0.1, -0.05) is 37.0 Å². The van der Waals surface area contributed by atoms with E-state index in [9.17, 15) is 4.79 Å². The summed E-state index contributed by atoms with van der Waals surface area (Å²) in [7, 11) is 0. The Morgan fingerprint density at radius 3 is 2.17 bits per heavy atom. The van der Waals surface area contributed by atoms with Crippen molar-refractivity contribution in [1.29, 1.82) is 0 Å². The van der Waals surface area contributed by atoms with Gasteiger partial charge in [0.15, 0.2) is 0 Å². The molecule has 0 bridgehead atoms. The van der Waals surface area contributed by atoms with Gasteiger partial charge in [0.25, 0.3) is 0 Å². The molecule has 0 radical (unpaired) electrons. The standard InChI is InChI=1S/C9H12Cl2O/c1-5(12)8-6(4-7(10)11)9(8,2)3/h4,6,8H,1-3H3. The Bertz CT molecular complexity index is 239. The van der Waals surface area contributed by atoms with Gasteiger partial charge in [0.2, 0.25) is 0 Å². The number of hydrogen-bond acceptors (Lipinski definition) is 1. The zero-order valence-corrected chi connectivity index (χ0v) is 8.91. The van der Waals surface area contributed by atoms with Crippen molar-refractivity contribution in [3.05, 3.63) is 10.6 Å². The Morgan fingerprint density at radius 1 is 1.42 bits per heavy atom. The van der Waals surface area contributed by atoms with Gasteiger partial charge in [-0.25, -0.2) is 0 Å². The number of carbonyl (C=O) groups excluding carboxylic acids is 1. The zero-order valence-electron chi connectivity index (χ0n) is 7.40. The molecule has 68 valence electrons. The molecule has 1 aliphatic carbocycles. The Balaban J connectivity index is 2.73. The lowest BCUT2D eigenvalue weighted by Gasteiger charge is -1.96. The van der Waals surface area contributed by atoms with E-state index in [2.05, 4.69) is 13.8 Å². The molecule has 2 unspecified atom stereocenters. The van der Waals surface area contributed by atoms with Crippen molar-refractivity contribution in [2.45, 2.75) is 20.8 Å². The fraction of sp³-hybridized carbons (Fsp3) is 0.667. The largest absolute Gasteiger partial charge is 0.300 e. The summed E-state index contributed by atoms with van der Waals surface area (Å²) in [5.41, 5.74) is 0.0425. The first-order valence-electron chi connectivity index (χ1n) is 3.90. The van der Waals surface area contributed by atoms with Crippen LogP contribution in [0, 0.1) is 17.3 Å². The maximum absolute atomic E-state index is 11.1. The SMILES string of the molecule is CC(=O)C1C(C=C(Cl)Cl)C1(C)C. The molecule has 1 nitrogen and oxygen atoms in total. The van der Waals surface area contributed by atoms with E-state index in [4.69, 9.17) is 23.2 Å². The Morgan fingerprint density at radius 2 is 1.92 bits per heavy atom. The zero-order chi connectivity index (χ0) is 9.52. The maximum atomic E-state index is 11.1. The summed E-state index contributed by atoms with van der Waals surface area (Å²) < 4.78 is 0.261. The summed E-state index contributed by atoms with van der Waals surface area (Å²) in [5.74, 6) is 0.542. The minimum atomic E-state index is 0.0425. The van der Waals surface area contributed by atoms with Gasteiger partial charge in [-0.05, 0) is 24.3 Å². The molecule has 1 saturated carbocycles. The fourth-order valence-electron chi connectivity index (χ4n) is 1.90. The summed E-state index contributed by atoms with van der Waals surface area (Å²) in [5, 5.41) is 0. The molecule has 0 spiro atoms. The van der Waals surface area contributed by atoms with Crippen molar-refractivity contribution in [1.82, 2.24) is 0 Å². The highest BCUT2D eigenvalue weighted by atomic mass is 35.5. The lowest BCUT2D eigenvalue weighted by atomic mass is 10.1. The number of Topliss-reactive ketones (excluding diaryl/α,β-unsaturated/α-hetero) is 1. The highest BCUT2D eigenvalue weighted by molar-refractivity contribution is 6.55. The molecule has 0 aromatic carbocycles. The molecule has 3 heteroatoms. The van der Waals surface area contributed by atoms with Crippen LogP contribution in [0.1, 0.15) is 20.8 Å². The second-order valence-electron chi connectivity index (χ2n) is 3.89. The Hall–Kier alpha value is -0.0100. The predicted molar refractivity (Wildman–Crippen MR) is 51.2 cm³/mol. The second-order valence-corrected chi connectivity index (χ2v) is 4.90. The van der Waals surface area contributed by atoms with Gasteiger partial charge < -0.3 is 0 Å². The topological polar surface area (TPSA) is 17.1 Å². The van der Waals surface area contributed by atoms with Crippen LogP contribution in [0.3, 0.4) is 0 Å². The minimum absolute atomic E-state index is 0.0425. The fourth-order valence-corrected chi connectivity index (χ4v) is 2.17. The van der Waals surface area contributed by atoms with Crippen molar-refractivity contribution in [3.8, 4) is 0 Å². The van der Waals surface area contributed by atoms with Crippen LogP contribution >= 0.6 is 23.2 Å². The highest BCUT2D eigenvalue weighted by Crippen LogP contribution is 2.59. The van der Waals surface area contributed by atoms with Crippen LogP contribution in [0.4, 0.5) is 0 Å². The van der Waals surface area contributed by atoms with Crippen LogP contribution < -0.4 is 0 Å². The number of rotatable bonds is 2. The monoisotopic (exact) mass is 206 g/mol. The van der Waals surface area contributed by atoms with Gasteiger partial charge in [-0.3, -0.25) is 4.79 Å². The van der Waals surface area contributed by atoms with Crippen LogP contribution in [-0.2, 0) is 4.79 Å². The van der Waals surface area contributed by atoms with E-state index in [0.717, 1.165) is 0 Å². The van der Waals surface area contributed by atoms with Crippen LogP contribution in [0.15, 0.2) is 10.6 Å². The third-order valence-corrected chi connectivity index (χ3v) is 2.91. The molecule has 1 aliphatic rings. The summed E-state index contributed by atoms with van der Waals surface area (Å²) >= 11 is 11.1. The Labute approximate surface area is 82.7 Å². The van der Waals surface area contributed by atoms with Crippen molar-refractivity contribution in [2.75, 3.05) is 0 Å². The average Bonchev–Trinajstić information content (AvgIpc) is 2.32. The van der Waals surface area contributed by atoms with Crippen molar-refractivity contribution in [2.24, 2.45) is 17.3 Å². The molecule has 12 heavy (non-hydrogen) atoms. The van der Waals surface area contributed by atoms with Crippen molar-refractivity contribution in [3.63, 3.8) is 0 Å². The lowest BCUT2D eigenvalue weighted by Crippen LogP contribution is -1.99. The Kier molecular flexibility index (Phi) is 2.55. The maximum Gasteiger partial charge on any atom is 0.134 e. The van der Waals surface area contributed by atoms with Gasteiger partial charge in [-0.2, -0.15) is 0 Å². The summed E-state index contributed by atoms with van der Waals surface area (Å²) in [4.78, 5) is 11.1. The molecular weight excluding hydrogens is 195 g/mol. The normalized spacial score (nSPS) is 31.1. The number of halogens is 2. The molecule has 0 aliphatic heterocycles. The molecule has 0 saturated heterocycles. The van der Waals surface area contributed by atoms with Crippen LogP contribution in [0.25, 0.3) is 0 Å². The third kappa shape index (κ3) is 1.67. The van der Waals surface area contributed by atoms with E-state index >= 15 is 0 Å². The van der Waals surface area contributed by atoms with E-state index in [1.807, 2.05) is 0 Å². The number of carbonyl (C=O) groups is 1. The smallest absolute Gasteiger partial charge is 0.134 e. The quantitative estimate of drug-likeness (QED) is 0.679. The molecule has 1 fully saturated rings. The van der Waals surface area contributed by atoms with Crippen LogP contribution in [0.5, 0.6) is 0 Å². The van der Waals surface area contributed by atoms with Crippen LogP contribution in [-0.4, -0.2) is 5.78 Å². The number of allylic oxidation sites excluding steroid dienone is 1.